The third-order valence-corrected chi connectivity index (χ3v) is 3.87. The topological polar surface area (TPSA) is 42.0 Å². The molecule has 0 atom stereocenters. The molecule has 0 radical (unpaired) electrons. The number of halogens is 2. The van der Waals surface area contributed by atoms with Crippen molar-refractivity contribution in [2.45, 2.75) is 6.92 Å². The molecule has 1 aromatic heterocycles. The van der Waals surface area contributed by atoms with Gasteiger partial charge in [0.1, 0.15) is 5.82 Å². The van der Waals surface area contributed by atoms with Gasteiger partial charge in [-0.3, -0.25) is 4.79 Å². The first-order valence-electron chi connectivity index (χ1n) is 5.25. The third-order valence-electron chi connectivity index (χ3n) is 2.58. The molecule has 1 N–H and O–H groups in total. The van der Waals surface area contributed by atoms with E-state index in [9.17, 15) is 4.79 Å². The highest BCUT2D eigenvalue weighted by Crippen LogP contribution is 2.32. The van der Waals surface area contributed by atoms with Crippen molar-refractivity contribution in [2.24, 2.45) is 0 Å². The zero-order valence-corrected chi connectivity index (χ0v) is 11.9. The van der Waals surface area contributed by atoms with Crippen LogP contribution in [0.3, 0.4) is 0 Å². The summed E-state index contributed by atoms with van der Waals surface area (Å²) in [7, 11) is 0. The maximum Gasteiger partial charge on any atom is 0.150 e. The Balaban J connectivity index is 2.40. The standard InChI is InChI=1S/C13H10BrClN2O/c1-8-9(7-18)5-6-16-13(8)17-11-4-2-3-10(14)12(11)15/h2-7H,1H3,(H,16,17). The molecule has 0 saturated carbocycles. The SMILES string of the molecule is Cc1c(C=O)ccnc1Nc1cccc(Br)c1Cl. The van der Waals surface area contributed by atoms with E-state index in [1.807, 2.05) is 25.1 Å². The second kappa shape index (κ2) is 5.50. The number of benzene rings is 1. The molecule has 0 bridgehead atoms. The van der Waals surface area contributed by atoms with Gasteiger partial charge in [-0.2, -0.15) is 0 Å². The zero-order chi connectivity index (χ0) is 13.1. The lowest BCUT2D eigenvalue weighted by Gasteiger charge is -2.11. The normalized spacial score (nSPS) is 10.2. The minimum absolute atomic E-state index is 0.579. The number of aldehydes is 1. The van der Waals surface area contributed by atoms with Gasteiger partial charge in [0.05, 0.1) is 10.7 Å². The molecule has 0 fully saturated rings. The first-order valence-corrected chi connectivity index (χ1v) is 6.42. The lowest BCUT2D eigenvalue weighted by Crippen LogP contribution is -1.99. The quantitative estimate of drug-likeness (QED) is 0.852. The Hall–Kier alpha value is -1.39. The van der Waals surface area contributed by atoms with Crippen LogP contribution in [0.25, 0.3) is 0 Å². The Morgan fingerprint density at radius 1 is 1.39 bits per heavy atom. The van der Waals surface area contributed by atoms with Gasteiger partial charge in [0.2, 0.25) is 0 Å². The number of nitrogens with one attached hydrogen (secondary N) is 1. The van der Waals surface area contributed by atoms with E-state index in [2.05, 4.69) is 26.2 Å². The smallest absolute Gasteiger partial charge is 0.150 e. The lowest BCUT2D eigenvalue weighted by atomic mass is 10.1. The fraction of sp³-hybridized carbons (Fsp3) is 0.0769. The number of carbonyl (C=O) groups is 1. The van der Waals surface area contributed by atoms with Gasteiger partial charge in [0.15, 0.2) is 6.29 Å². The van der Waals surface area contributed by atoms with Crippen molar-refractivity contribution in [1.29, 1.82) is 0 Å². The van der Waals surface area contributed by atoms with Crippen molar-refractivity contribution in [3.63, 3.8) is 0 Å². The number of nitrogens with zero attached hydrogens (tertiary/aromatic N) is 1. The number of aromatic nitrogens is 1. The molecule has 1 heterocycles. The minimum Gasteiger partial charge on any atom is -0.339 e. The highest BCUT2D eigenvalue weighted by atomic mass is 79.9. The van der Waals surface area contributed by atoms with E-state index in [0.29, 0.717) is 16.4 Å². The minimum atomic E-state index is 0.579. The average Bonchev–Trinajstić information content (AvgIpc) is 2.37. The average molecular weight is 326 g/mol. The molecule has 0 unspecified atom stereocenters. The molecule has 0 aliphatic rings. The van der Waals surface area contributed by atoms with Crippen LogP contribution < -0.4 is 5.32 Å². The zero-order valence-electron chi connectivity index (χ0n) is 9.58. The summed E-state index contributed by atoms with van der Waals surface area (Å²) < 4.78 is 0.804. The Kier molecular flexibility index (Phi) is 3.99. The van der Waals surface area contributed by atoms with Crippen LogP contribution in [0.2, 0.25) is 5.02 Å². The highest BCUT2D eigenvalue weighted by Gasteiger charge is 2.08. The molecule has 0 aliphatic heterocycles. The van der Waals surface area contributed by atoms with E-state index >= 15 is 0 Å². The molecule has 0 spiro atoms. The number of anilines is 2. The van der Waals surface area contributed by atoms with Gasteiger partial charge >= 0.3 is 0 Å². The molecule has 2 rings (SSSR count). The van der Waals surface area contributed by atoms with Crippen LogP contribution in [0, 0.1) is 6.92 Å². The fourth-order valence-corrected chi connectivity index (χ4v) is 2.07. The van der Waals surface area contributed by atoms with Crippen LogP contribution >= 0.6 is 27.5 Å². The largest absolute Gasteiger partial charge is 0.339 e. The van der Waals surface area contributed by atoms with Gasteiger partial charge in [-0.25, -0.2) is 4.98 Å². The maximum absolute atomic E-state index is 10.9. The predicted molar refractivity (Wildman–Crippen MR) is 76.8 cm³/mol. The molecule has 0 aliphatic carbocycles. The van der Waals surface area contributed by atoms with E-state index in [1.54, 1.807) is 12.3 Å². The molecule has 5 heteroatoms. The van der Waals surface area contributed by atoms with Gasteiger partial charge in [-0.1, -0.05) is 17.7 Å². The van der Waals surface area contributed by atoms with Crippen LogP contribution in [-0.4, -0.2) is 11.3 Å². The van der Waals surface area contributed by atoms with Crippen molar-refractivity contribution in [1.82, 2.24) is 4.98 Å². The van der Waals surface area contributed by atoms with Crippen LogP contribution in [0.1, 0.15) is 15.9 Å². The van der Waals surface area contributed by atoms with Gasteiger partial charge in [-0.15, -0.1) is 0 Å². The van der Waals surface area contributed by atoms with Crippen LogP contribution in [-0.2, 0) is 0 Å². The summed E-state index contributed by atoms with van der Waals surface area (Å²) in [4.78, 5) is 15.1. The number of carbonyl (C=O) groups excluding carboxylic acids is 1. The summed E-state index contributed by atoms with van der Waals surface area (Å²) >= 11 is 9.52. The number of hydrogen-bond acceptors (Lipinski definition) is 3. The second-order valence-corrected chi connectivity index (χ2v) is 4.95. The number of hydrogen-bond donors (Lipinski definition) is 1. The Bertz CT molecular complexity index is 602. The van der Waals surface area contributed by atoms with Crippen LogP contribution in [0.5, 0.6) is 0 Å². The van der Waals surface area contributed by atoms with E-state index in [-0.39, 0.29) is 0 Å². The maximum atomic E-state index is 10.9. The van der Waals surface area contributed by atoms with Crippen molar-refractivity contribution >= 4 is 45.3 Å². The highest BCUT2D eigenvalue weighted by molar-refractivity contribution is 9.10. The molecule has 1 aromatic carbocycles. The second-order valence-electron chi connectivity index (χ2n) is 3.72. The number of rotatable bonds is 3. The summed E-state index contributed by atoms with van der Waals surface area (Å²) in [6.45, 7) is 1.84. The van der Waals surface area contributed by atoms with Crippen molar-refractivity contribution < 1.29 is 4.79 Å². The van der Waals surface area contributed by atoms with Crippen LogP contribution in [0.15, 0.2) is 34.9 Å². The van der Waals surface area contributed by atoms with Crippen molar-refractivity contribution in [3.05, 3.63) is 51.1 Å². The summed E-state index contributed by atoms with van der Waals surface area (Å²) in [5.41, 5.74) is 2.15. The summed E-state index contributed by atoms with van der Waals surface area (Å²) in [6, 6.07) is 7.25. The number of pyridine rings is 1. The Labute approximate surface area is 118 Å². The van der Waals surface area contributed by atoms with Crippen LogP contribution in [0.4, 0.5) is 11.5 Å². The molecule has 0 amide bonds. The molecular formula is C13H10BrClN2O. The van der Waals surface area contributed by atoms with E-state index < -0.39 is 0 Å². The van der Waals surface area contributed by atoms with Gasteiger partial charge in [0, 0.05) is 21.8 Å². The Morgan fingerprint density at radius 2 is 2.17 bits per heavy atom. The van der Waals surface area contributed by atoms with E-state index in [1.165, 1.54) is 0 Å². The molecule has 2 aromatic rings. The monoisotopic (exact) mass is 324 g/mol. The van der Waals surface area contributed by atoms with Gasteiger partial charge in [0.25, 0.3) is 0 Å². The summed E-state index contributed by atoms with van der Waals surface area (Å²) in [6.07, 6.45) is 2.40. The lowest BCUT2D eigenvalue weighted by molar-refractivity contribution is 0.112. The Morgan fingerprint density at radius 3 is 2.89 bits per heavy atom. The van der Waals surface area contributed by atoms with Gasteiger partial charge in [-0.05, 0) is 41.1 Å². The molecule has 18 heavy (non-hydrogen) atoms. The van der Waals surface area contributed by atoms with Crippen molar-refractivity contribution in [2.75, 3.05) is 5.32 Å². The third kappa shape index (κ3) is 2.54. The molecule has 3 nitrogen and oxygen atoms in total. The van der Waals surface area contributed by atoms with E-state index in [4.69, 9.17) is 11.6 Å². The van der Waals surface area contributed by atoms with E-state index in [0.717, 1.165) is 22.0 Å². The van der Waals surface area contributed by atoms with Gasteiger partial charge < -0.3 is 5.32 Å². The van der Waals surface area contributed by atoms with Crippen molar-refractivity contribution in [3.8, 4) is 0 Å². The fourth-order valence-electron chi connectivity index (χ4n) is 1.53. The summed E-state index contributed by atoms with van der Waals surface area (Å²) in [5, 5.41) is 3.70. The summed E-state index contributed by atoms with van der Waals surface area (Å²) in [5.74, 6) is 0.625. The first kappa shape index (κ1) is 13.1. The first-order chi connectivity index (χ1) is 8.63. The predicted octanol–water partition coefficient (Wildman–Crippen LogP) is 4.36. The molecule has 92 valence electrons. The molecule has 0 saturated heterocycles. The molecular weight excluding hydrogens is 316 g/mol.